The number of hydrogen-bond acceptors (Lipinski definition) is 4. The molecule has 2 aromatic rings. The number of halogens is 1. The van der Waals surface area contributed by atoms with E-state index in [9.17, 15) is 9.18 Å². The average molecular weight is 288 g/mol. The van der Waals surface area contributed by atoms with Crippen LogP contribution in [0.3, 0.4) is 0 Å². The van der Waals surface area contributed by atoms with Crippen molar-refractivity contribution in [2.45, 2.75) is 19.4 Å². The Balaban J connectivity index is 1.84. The van der Waals surface area contributed by atoms with E-state index >= 15 is 0 Å². The Hall–Kier alpha value is -2.37. The van der Waals surface area contributed by atoms with Gasteiger partial charge in [-0.25, -0.2) is 9.07 Å². The maximum atomic E-state index is 13.0. The third kappa shape index (κ3) is 2.89. The van der Waals surface area contributed by atoms with Gasteiger partial charge in [0, 0.05) is 24.8 Å². The molecule has 21 heavy (non-hydrogen) atoms. The molecule has 110 valence electrons. The highest BCUT2D eigenvalue weighted by Gasteiger charge is 2.14. The molecule has 0 atom stereocenters. The van der Waals surface area contributed by atoms with Crippen LogP contribution in [0.15, 0.2) is 35.3 Å². The van der Waals surface area contributed by atoms with Gasteiger partial charge >= 0.3 is 0 Å². The lowest BCUT2D eigenvalue weighted by Crippen LogP contribution is -2.26. The van der Waals surface area contributed by atoms with E-state index < -0.39 is 0 Å². The molecule has 0 unspecified atom stereocenters. The molecule has 0 radical (unpaired) electrons. The minimum atomic E-state index is -0.388. The predicted octanol–water partition coefficient (Wildman–Crippen LogP) is 1.61. The summed E-state index contributed by atoms with van der Waals surface area (Å²) in [5.41, 5.74) is 7.45. The topological polar surface area (TPSA) is 64.2 Å². The Morgan fingerprint density at radius 2 is 2.00 bits per heavy atom. The maximum absolute atomic E-state index is 13.0. The van der Waals surface area contributed by atoms with E-state index in [0.29, 0.717) is 11.3 Å². The van der Waals surface area contributed by atoms with Gasteiger partial charge in [-0.2, -0.15) is 5.10 Å². The van der Waals surface area contributed by atoms with Crippen molar-refractivity contribution in [3.8, 4) is 0 Å². The van der Waals surface area contributed by atoms with Crippen molar-refractivity contribution < 1.29 is 4.39 Å². The molecule has 6 heteroatoms. The Kier molecular flexibility index (Phi) is 3.60. The van der Waals surface area contributed by atoms with Crippen LogP contribution in [0.1, 0.15) is 18.4 Å². The summed E-state index contributed by atoms with van der Waals surface area (Å²) in [6.07, 6.45) is 4.00. The van der Waals surface area contributed by atoms with Gasteiger partial charge in [-0.15, -0.1) is 0 Å². The van der Waals surface area contributed by atoms with Gasteiger partial charge in [-0.05, 0) is 30.5 Å². The van der Waals surface area contributed by atoms with Crippen LogP contribution in [0.5, 0.6) is 0 Å². The number of rotatable bonds is 3. The summed E-state index contributed by atoms with van der Waals surface area (Å²) < 4.78 is 14.4. The minimum Gasteiger partial charge on any atom is -0.398 e. The minimum absolute atomic E-state index is 0.178. The number of nitrogens with zero attached hydrogens (tertiary/aromatic N) is 3. The number of aromatic nitrogens is 2. The van der Waals surface area contributed by atoms with Gasteiger partial charge in [0.25, 0.3) is 5.56 Å². The second kappa shape index (κ2) is 5.55. The van der Waals surface area contributed by atoms with Gasteiger partial charge in [-0.3, -0.25) is 4.79 Å². The van der Waals surface area contributed by atoms with E-state index in [1.54, 1.807) is 18.3 Å². The summed E-state index contributed by atoms with van der Waals surface area (Å²) in [5.74, 6) is -0.388. The van der Waals surface area contributed by atoms with Gasteiger partial charge in [0.2, 0.25) is 0 Å². The first kappa shape index (κ1) is 13.6. The van der Waals surface area contributed by atoms with Crippen molar-refractivity contribution in [3.05, 3.63) is 52.2 Å². The van der Waals surface area contributed by atoms with Gasteiger partial charge in [0.15, 0.2) is 0 Å². The molecule has 0 spiro atoms. The molecule has 1 aliphatic rings. The van der Waals surface area contributed by atoms with Crippen LogP contribution in [-0.2, 0) is 6.54 Å². The number of nitrogens with two attached hydrogens (primary N) is 1. The van der Waals surface area contributed by atoms with Gasteiger partial charge in [0.05, 0.1) is 18.4 Å². The SMILES string of the molecule is Nc1cc(F)ccc1Cn1ncc(N2CCCC2)cc1=O. The summed E-state index contributed by atoms with van der Waals surface area (Å²) >= 11 is 0. The molecule has 1 aromatic heterocycles. The van der Waals surface area contributed by atoms with Crippen LogP contribution in [0.2, 0.25) is 0 Å². The summed E-state index contributed by atoms with van der Waals surface area (Å²) in [6, 6.07) is 5.75. The van der Waals surface area contributed by atoms with Crippen molar-refractivity contribution in [2.24, 2.45) is 0 Å². The van der Waals surface area contributed by atoms with Crippen molar-refractivity contribution in [1.82, 2.24) is 9.78 Å². The normalized spacial score (nSPS) is 14.6. The molecule has 2 heterocycles. The Morgan fingerprint density at radius 3 is 2.67 bits per heavy atom. The molecule has 0 bridgehead atoms. The smallest absolute Gasteiger partial charge is 0.269 e. The number of hydrogen-bond donors (Lipinski definition) is 1. The molecule has 1 aliphatic heterocycles. The van der Waals surface area contributed by atoms with E-state index in [0.717, 1.165) is 31.6 Å². The van der Waals surface area contributed by atoms with Crippen molar-refractivity contribution in [2.75, 3.05) is 23.7 Å². The van der Waals surface area contributed by atoms with Gasteiger partial charge in [-0.1, -0.05) is 6.07 Å². The fourth-order valence-electron chi connectivity index (χ4n) is 2.56. The summed E-state index contributed by atoms with van der Waals surface area (Å²) in [7, 11) is 0. The van der Waals surface area contributed by atoms with Gasteiger partial charge < -0.3 is 10.6 Å². The molecule has 1 saturated heterocycles. The highest BCUT2D eigenvalue weighted by Crippen LogP contribution is 2.17. The van der Waals surface area contributed by atoms with Crippen LogP contribution in [0.25, 0.3) is 0 Å². The largest absolute Gasteiger partial charge is 0.398 e. The molecule has 1 fully saturated rings. The fourth-order valence-corrected chi connectivity index (χ4v) is 2.56. The van der Waals surface area contributed by atoms with Crippen molar-refractivity contribution in [1.29, 1.82) is 0 Å². The first-order chi connectivity index (χ1) is 10.1. The fraction of sp³-hybridized carbons (Fsp3) is 0.333. The lowest BCUT2D eigenvalue weighted by atomic mass is 10.2. The van der Waals surface area contributed by atoms with E-state index in [1.165, 1.54) is 16.8 Å². The number of anilines is 2. The standard InChI is InChI=1S/C15H17FN4O/c16-12-4-3-11(14(17)7-12)10-20-15(21)8-13(9-18-20)19-5-1-2-6-19/h3-4,7-9H,1-2,5-6,10,17H2. The molecule has 0 saturated carbocycles. The molecule has 3 rings (SSSR count). The molecular formula is C15H17FN4O. The van der Waals surface area contributed by atoms with Crippen LogP contribution in [0.4, 0.5) is 15.8 Å². The van der Waals surface area contributed by atoms with Crippen LogP contribution in [-0.4, -0.2) is 22.9 Å². The molecule has 5 nitrogen and oxygen atoms in total. The highest BCUT2D eigenvalue weighted by atomic mass is 19.1. The van der Waals surface area contributed by atoms with Gasteiger partial charge in [0.1, 0.15) is 5.82 Å². The quantitative estimate of drug-likeness (QED) is 0.872. The average Bonchev–Trinajstić information content (AvgIpc) is 2.98. The van der Waals surface area contributed by atoms with E-state index in [1.807, 2.05) is 0 Å². The van der Waals surface area contributed by atoms with E-state index in [2.05, 4.69) is 10.00 Å². The Bertz CT molecular complexity index is 707. The lowest BCUT2D eigenvalue weighted by Gasteiger charge is -2.17. The second-order valence-electron chi connectivity index (χ2n) is 5.25. The molecule has 2 N–H and O–H groups in total. The first-order valence-electron chi connectivity index (χ1n) is 6.99. The van der Waals surface area contributed by atoms with Crippen LogP contribution in [0, 0.1) is 5.82 Å². The predicted molar refractivity (Wildman–Crippen MR) is 79.9 cm³/mol. The molecule has 0 aliphatic carbocycles. The third-order valence-corrected chi connectivity index (χ3v) is 3.75. The summed E-state index contributed by atoms with van der Waals surface area (Å²) in [6.45, 7) is 2.18. The van der Waals surface area contributed by atoms with Crippen LogP contribution >= 0.6 is 0 Å². The highest BCUT2D eigenvalue weighted by molar-refractivity contribution is 5.47. The third-order valence-electron chi connectivity index (χ3n) is 3.75. The van der Waals surface area contributed by atoms with E-state index in [-0.39, 0.29) is 17.9 Å². The zero-order chi connectivity index (χ0) is 14.8. The Morgan fingerprint density at radius 1 is 1.24 bits per heavy atom. The van der Waals surface area contributed by atoms with Crippen molar-refractivity contribution >= 4 is 11.4 Å². The molecule has 0 amide bonds. The van der Waals surface area contributed by atoms with Crippen molar-refractivity contribution in [3.63, 3.8) is 0 Å². The number of nitrogen functional groups attached to an aromatic ring is 1. The lowest BCUT2D eigenvalue weighted by molar-refractivity contribution is 0.620. The molecular weight excluding hydrogens is 271 g/mol. The first-order valence-corrected chi connectivity index (χ1v) is 6.99. The maximum Gasteiger partial charge on any atom is 0.269 e. The Labute approximate surface area is 121 Å². The van der Waals surface area contributed by atoms with Crippen LogP contribution < -0.4 is 16.2 Å². The molecule has 1 aromatic carbocycles. The zero-order valence-electron chi connectivity index (χ0n) is 11.6. The number of benzene rings is 1. The summed E-state index contributed by atoms with van der Waals surface area (Å²) in [4.78, 5) is 14.3. The zero-order valence-corrected chi connectivity index (χ0v) is 11.6. The monoisotopic (exact) mass is 288 g/mol. The summed E-state index contributed by atoms with van der Waals surface area (Å²) in [5, 5.41) is 4.19. The second-order valence-corrected chi connectivity index (χ2v) is 5.25. The van der Waals surface area contributed by atoms with E-state index in [4.69, 9.17) is 5.73 Å².